The smallest absolute Gasteiger partial charge is 0.319 e. The van der Waals surface area contributed by atoms with Gasteiger partial charge in [0.15, 0.2) is 0 Å². The van der Waals surface area contributed by atoms with E-state index in [0.29, 0.717) is 11.9 Å². The molecular weight excluding hydrogens is 390 g/mol. The van der Waals surface area contributed by atoms with Gasteiger partial charge in [-0.15, -0.1) is 0 Å². The minimum absolute atomic E-state index is 0.0486. The molecule has 156 valence electrons. The van der Waals surface area contributed by atoms with Gasteiger partial charge in [-0.1, -0.05) is 78.9 Å². The number of benzene rings is 3. The zero-order valence-corrected chi connectivity index (χ0v) is 17.3. The highest BCUT2D eigenvalue weighted by atomic mass is 16.5. The molecule has 0 unspecified atom stereocenters. The van der Waals surface area contributed by atoms with E-state index < -0.39 is 0 Å². The van der Waals surface area contributed by atoms with Crippen molar-refractivity contribution < 1.29 is 9.53 Å². The summed E-state index contributed by atoms with van der Waals surface area (Å²) in [4.78, 5) is 27.1. The van der Waals surface area contributed by atoms with E-state index in [0.717, 1.165) is 22.2 Å². The van der Waals surface area contributed by atoms with Gasteiger partial charge in [0.05, 0.1) is 31.4 Å². The molecule has 0 aliphatic carbocycles. The fourth-order valence-corrected chi connectivity index (χ4v) is 3.57. The third kappa shape index (κ3) is 4.70. The lowest BCUT2D eigenvalue weighted by atomic mass is 10.1. The molecule has 0 fully saturated rings. The predicted octanol–water partition coefficient (Wildman–Crippen LogP) is 3.70. The van der Waals surface area contributed by atoms with Gasteiger partial charge in [-0.3, -0.25) is 14.5 Å². The van der Waals surface area contributed by atoms with Gasteiger partial charge in [-0.2, -0.15) is 5.10 Å². The number of hydrogen-bond acceptors (Lipinski definition) is 5. The van der Waals surface area contributed by atoms with Crippen LogP contribution in [0, 0.1) is 0 Å². The Kier molecular flexibility index (Phi) is 6.19. The Balaban J connectivity index is 1.77. The van der Waals surface area contributed by atoms with Crippen LogP contribution in [-0.4, -0.2) is 34.3 Å². The van der Waals surface area contributed by atoms with Crippen molar-refractivity contribution in [1.29, 1.82) is 0 Å². The molecule has 31 heavy (non-hydrogen) atoms. The molecule has 0 saturated heterocycles. The molecule has 0 radical (unpaired) electrons. The molecule has 0 aliphatic rings. The van der Waals surface area contributed by atoms with E-state index in [4.69, 9.17) is 9.84 Å². The summed E-state index contributed by atoms with van der Waals surface area (Å²) in [5.41, 5.74) is 2.49. The molecule has 0 spiro atoms. The van der Waals surface area contributed by atoms with E-state index in [1.165, 1.54) is 11.8 Å². The van der Waals surface area contributed by atoms with Crippen LogP contribution in [0.5, 0.6) is 0 Å². The predicted molar refractivity (Wildman–Crippen MR) is 120 cm³/mol. The molecule has 1 aromatic heterocycles. The second kappa shape index (κ2) is 9.36. The number of rotatable bonds is 7. The summed E-state index contributed by atoms with van der Waals surface area (Å²) in [6.07, 6.45) is 0. The molecule has 3 aromatic carbocycles. The molecule has 0 N–H and O–H groups in total. The van der Waals surface area contributed by atoms with Gasteiger partial charge in [0.2, 0.25) is 0 Å². The molecule has 4 aromatic rings. The van der Waals surface area contributed by atoms with Gasteiger partial charge in [0.25, 0.3) is 5.56 Å². The molecule has 0 amide bonds. The minimum Gasteiger partial charge on any atom is -0.468 e. The van der Waals surface area contributed by atoms with Gasteiger partial charge in [-0.05, 0) is 11.6 Å². The van der Waals surface area contributed by atoms with Gasteiger partial charge in [0, 0.05) is 17.5 Å². The van der Waals surface area contributed by atoms with Crippen LogP contribution in [0.3, 0.4) is 0 Å². The SMILES string of the molecule is COC(=O)CN(Cc1ccccc1)Cn1nc(-c2ccccc2)c2ccccc2c1=O. The number of nitrogens with zero attached hydrogens (tertiary/aromatic N) is 3. The van der Waals surface area contributed by atoms with Crippen LogP contribution in [0.25, 0.3) is 22.0 Å². The topological polar surface area (TPSA) is 64.4 Å². The van der Waals surface area contributed by atoms with Crippen molar-refractivity contribution >= 4 is 16.7 Å². The van der Waals surface area contributed by atoms with Crippen molar-refractivity contribution in [3.63, 3.8) is 0 Å². The maximum absolute atomic E-state index is 13.2. The number of carbonyl (C=O) groups is 1. The standard InChI is InChI=1S/C25H23N3O3/c1-31-23(29)17-27(16-19-10-4-2-5-11-19)18-28-25(30)22-15-9-8-14-21(22)24(26-28)20-12-6-3-7-13-20/h2-15H,16-18H2,1H3. The zero-order valence-electron chi connectivity index (χ0n) is 17.3. The summed E-state index contributed by atoms with van der Waals surface area (Å²) >= 11 is 0. The van der Waals surface area contributed by atoms with Crippen LogP contribution in [0.15, 0.2) is 89.7 Å². The van der Waals surface area contributed by atoms with Crippen LogP contribution < -0.4 is 5.56 Å². The summed E-state index contributed by atoms with van der Waals surface area (Å²) in [6.45, 7) is 0.693. The van der Waals surface area contributed by atoms with E-state index in [1.54, 1.807) is 0 Å². The minimum atomic E-state index is -0.368. The van der Waals surface area contributed by atoms with E-state index in [-0.39, 0.29) is 24.7 Å². The third-order valence-corrected chi connectivity index (χ3v) is 5.08. The van der Waals surface area contributed by atoms with Crippen LogP contribution in [0.1, 0.15) is 5.56 Å². The maximum atomic E-state index is 13.2. The number of methoxy groups -OCH3 is 1. The van der Waals surface area contributed by atoms with Gasteiger partial charge < -0.3 is 4.74 Å². The van der Waals surface area contributed by atoms with Crippen molar-refractivity contribution in [2.75, 3.05) is 13.7 Å². The molecule has 4 rings (SSSR count). The summed E-state index contributed by atoms with van der Waals surface area (Å²) in [5, 5.41) is 6.09. The van der Waals surface area contributed by atoms with Crippen molar-refractivity contribution in [3.05, 3.63) is 101 Å². The monoisotopic (exact) mass is 413 g/mol. The Morgan fingerprint density at radius 3 is 2.19 bits per heavy atom. The lowest BCUT2D eigenvalue weighted by Gasteiger charge is -2.22. The molecule has 0 bridgehead atoms. The Labute approximate surface area is 180 Å². The van der Waals surface area contributed by atoms with Crippen LogP contribution >= 0.6 is 0 Å². The maximum Gasteiger partial charge on any atom is 0.319 e. The summed E-state index contributed by atoms with van der Waals surface area (Å²) in [5.74, 6) is -0.368. The van der Waals surface area contributed by atoms with E-state index in [9.17, 15) is 9.59 Å². The molecule has 6 nitrogen and oxygen atoms in total. The molecule has 0 aliphatic heterocycles. The fourth-order valence-electron chi connectivity index (χ4n) is 3.57. The molecule has 0 saturated carbocycles. The molecular formula is C25H23N3O3. The van der Waals surface area contributed by atoms with Crippen molar-refractivity contribution in [3.8, 4) is 11.3 Å². The highest BCUT2D eigenvalue weighted by molar-refractivity contribution is 5.93. The first-order valence-electron chi connectivity index (χ1n) is 10.0. The number of hydrogen-bond donors (Lipinski definition) is 0. The molecule has 6 heteroatoms. The summed E-state index contributed by atoms with van der Waals surface area (Å²) in [6, 6.07) is 27.0. The number of aromatic nitrogens is 2. The lowest BCUT2D eigenvalue weighted by Crippen LogP contribution is -2.37. The number of carbonyl (C=O) groups excluding carboxylic acids is 1. The fraction of sp³-hybridized carbons (Fsp3) is 0.160. The summed E-state index contributed by atoms with van der Waals surface area (Å²) < 4.78 is 6.29. The van der Waals surface area contributed by atoms with Gasteiger partial charge in [-0.25, -0.2) is 4.68 Å². The zero-order chi connectivity index (χ0) is 21.6. The number of ether oxygens (including phenoxy) is 1. The van der Waals surface area contributed by atoms with E-state index in [2.05, 4.69) is 0 Å². The van der Waals surface area contributed by atoms with Crippen molar-refractivity contribution in [2.24, 2.45) is 0 Å². The lowest BCUT2D eigenvalue weighted by molar-refractivity contribution is -0.142. The van der Waals surface area contributed by atoms with Crippen LogP contribution in [0.2, 0.25) is 0 Å². The Hall–Kier alpha value is -3.77. The van der Waals surface area contributed by atoms with E-state index >= 15 is 0 Å². The number of fused-ring (bicyclic) bond motifs is 1. The first-order valence-corrected chi connectivity index (χ1v) is 10.0. The molecule has 1 heterocycles. The Morgan fingerprint density at radius 1 is 0.903 bits per heavy atom. The molecule has 0 atom stereocenters. The van der Waals surface area contributed by atoms with Gasteiger partial charge in [0.1, 0.15) is 0 Å². The van der Waals surface area contributed by atoms with Gasteiger partial charge >= 0.3 is 5.97 Å². The van der Waals surface area contributed by atoms with E-state index in [1.807, 2.05) is 89.8 Å². The first-order chi connectivity index (χ1) is 15.2. The van der Waals surface area contributed by atoms with Crippen LogP contribution in [0.4, 0.5) is 0 Å². The van der Waals surface area contributed by atoms with Crippen molar-refractivity contribution in [1.82, 2.24) is 14.7 Å². The number of esters is 1. The largest absolute Gasteiger partial charge is 0.468 e. The third-order valence-electron chi connectivity index (χ3n) is 5.08. The Bertz CT molecular complexity index is 1240. The Morgan fingerprint density at radius 2 is 1.52 bits per heavy atom. The second-order valence-corrected chi connectivity index (χ2v) is 7.26. The highest BCUT2D eigenvalue weighted by Gasteiger charge is 2.17. The average Bonchev–Trinajstić information content (AvgIpc) is 2.82. The first kappa shape index (κ1) is 20.5. The average molecular weight is 413 g/mol. The van der Waals surface area contributed by atoms with Crippen LogP contribution in [-0.2, 0) is 22.7 Å². The second-order valence-electron chi connectivity index (χ2n) is 7.26. The summed E-state index contributed by atoms with van der Waals surface area (Å²) in [7, 11) is 1.36. The normalized spacial score (nSPS) is 11.0. The van der Waals surface area contributed by atoms with Crippen molar-refractivity contribution in [2.45, 2.75) is 13.2 Å². The quantitative estimate of drug-likeness (QED) is 0.432. The highest BCUT2D eigenvalue weighted by Crippen LogP contribution is 2.24.